The maximum Gasteiger partial charge on any atom is 0.290 e. The van der Waals surface area contributed by atoms with Gasteiger partial charge < -0.3 is 29.4 Å². The zero-order valence-corrected chi connectivity index (χ0v) is 22.0. The number of aromatic amines is 1. The van der Waals surface area contributed by atoms with E-state index in [1.165, 1.54) is 37.7 Å². The monoisotopic (exact) mass is 530 g/mol. The summed E-state index contributed by atoms with van der Waals surface area (Å²) in [6.07, 6.45) is 5.15. The van der Waals surface area contributed by atoms with Gasteiger partial charge >= 0.3 is 0 Å². The molecule has 0 spiro atoms. The lowest BCUT2D eigenvalue weighted by Crippen LogP contribution is -2.34. The number of aliphatic hydroxyl groups excluding tert-OH is 1. The summed E-state index contributed by atoms with van der Waals surface area (Å²) in [4.78, 5) is 16.4. The molecule has 6 rings (SSSR count). The molecule has 1 saturated carbocycles. The number of nitrogens with zero attached hydrogens (tertiary/aromatic N) is 1. The molecule has 3 aromatic rings. The molecule has 0 amide bonds. The lowest BCUT2D eigenvalue weighted by molar-refractivity contribution is -0.122. The van der Waals surface area contributed by atoms with E-state index in [1.54, 1.807) is 0 Å². The molecule has 0 radical (unpaired) electrons. The van der Waals surface area contributed by atoms with Crippen LogP contribution in [-0.4, -0.2) is 64.3 Å². The quantitative estimate of drug-likeness (QED) is 0.378. The fraction of sp³-hybridized carbons (Fsp3) is 0.500. The van der Waals surface area contributed by atoms with Gasteiger partial charge in [-0.25, -0.2) is 4.98 Å². The molecule has 1 unspecified atom stereocenters. The predicted molar refractivity (Wildman–Crippen MR) is 142 cm³/mol. The Morgan fingerprint density at radius 3 is 2.43 bits per heavy atom. The number of fused-ring (bicyclic) bond motifs is 2. The minimum Gasteiger partial charge on any atom is -0.483 e. The van der Waals surface area contributed by atoms with Crippen LogP contribution in [0.5, 0.6) is 5.88 Å². The van der Waals surface area contributed by atoms with Gasteiger partial charge in [-0.05, 0) is 30.4 Å². The number of halogens is 1. The Kier molecular flexibility index (Phi) is 9.43. The van der Waals surface area contributed by atoms with E-state index in [0.29, 0.717) is 23.4 Å². The third-order valence-corrected chi connectivity index (χ3v) is 7.34. The first-order chi connectivity index (χ1) is 18.1. The highest BCUT2D eigenvalue weighted by Crippen LogP contribution is 2.36. The lowest BCUT2D eigenvalue weighted by atomic mass is 9.84. The topological polar surface area (TPSA) is 114 Å². The number of H-pyrrole nitrogens is 1. The molecule has 1 aliphatic carbocycles. The SMILES string of the molecule is CC.O=CO.O[C@@H]1CO[C@H]2C1OC[C@H]2Oc1cc2nc(-c3ccc(C4CCCCC4)cc3)c(Cl)cc2[nH]1. The number of benzene rings is 1. The number of pyridine rings is 1. The minimum atomic E-state index is -0.594. The average Bonchev–Trinajstić information content (AvgIpc) is 3.62. The smallest absolute Gasteiger partial charge is 0.290 e. The Morgan fingerprint density at radius 2 is 1.73 bits per heavy atom. The van der Waals surface area contributed by atoms with Crippen LogP contribution in [0.4, 0.5) is 0 Å². The largest absolute Gasteiger partial charge is 0.483 e. The zero-order chi connectivity index (χ0) is 26.4. The van der Waals surface area contributed by atoms with Gasteiger partial charge in [0.1, 0.15) is 18.3 Å². The van der Waals surface area contributed by atoms with Crippen molar-refractivity contribution in [3.8, 4) is 17.1 Å². The lowest BCUT2D eigenvalue weighted by Gasteiger charge is -2.22. The third kappa shape index (κ3) is 6.09. The Labute approximate surface area is 221 Å². The van der Waals surface area contributed by atoms with Gasteiger partial charge in [-0.3, -0.25) is 4.79 Å². The van der Waals surface area contributed by atoms with E-state index in [2.05, 4.69) is 29.2 Å². The van der Waals surface area contributed by atoms with E-state index >= 15 is 0 Å². The summed E-state index contributed by atoms with van der Waals surface area (Å²) in [7, 11) is 0. The molecule has 37 heavy (non-hydrogen) atoms. The molecule has 2 aliphatic heterocycles. The van der Waals surface area contributed by atoms with Gasteiger partial charge in [-0.1, -0.05) is 69.0 Å². The number of aromatic nitrogens is 2. The molecule has 2 aromatic heterocycles. The highest BCUT2D eigenvalue weighted by atomic mass is 35.5. The molecule has 0 bridgehead atoms. The molecule has 3 aliphatic rings. The van der Waals surface area contributed by atoms with E-state index in [-0.39, 0.29) is 31.4 Å². The number of ether oxygens (including phenoxy) is 3. The van der Waals surface area contributed by atoms with Crippen molar-refractivity contribution in [1.29, 1.82) is 0 Å². The van der Waals surface area contributed by atoms with Crippen molar-refractivity contribution in [1.82, 2.24) is 9.97 Å². The standard InChI is InChI=1S/C25H27ClN2O4.C2H6.CH2O2/c26-17-10-18-19(11-22(27-18)32-21-13-31-24-20(29)12-30-25(21)24)28-23(17)16-8-6-15(7-9-16)14-4-2-1-3-5-14;1-2;2-1-3/h6-11,14,20-21,24-25,27,29H,1-5,12-13H2;1-2H3;1H,(H,2,3)/t20-,21-,24?,25-;;/m1../s1. The van der Waals surface area contributed by atoms with Gasteiger partial charge in [0.05, 0.1) is 35.0 Å². The van der Waals surface area contributed by atoms with Crippen LogP contribution in [0.1, 0.15) is 57.4 Å². The molecular weight excluding hydrogens is 496 g/mol. The molecule has 8 nitrogen and oxygen atoms in total. The Balaban J connectivity index is 0.000000599. The number of nitrogens with one attached hydrogen (secondary N) is 1. The predicted octanol–water partition coefficient (Wildman–Crippen LogP) is 5.56. The molecule has 200 valence electrons. The second kappa shape index (κ2) is 12.7. The normalized spacial score (nSPS) is 25.0. The fourth-order valence-corrected chi connectivity index (χ4v) is 5.59. The second-order valence-electron chi connectivity index (χ2n) is 9.27. The number of aliphatic hydroxyl groups is 1. The molecule has 1 aromatic carbocycles. The van der Waals surface area contributed by atoms with Gasteiger partial charge in [0.25, 0.3) is 6.47 Å². The molecule has 9 heteroatoms. The molecule has 4 atom stereocenters. The maximum atomic E-state index is 9.92. The number of hydrogen-bond acceptors (Lipinski definition) is 6. The van der Waals surface area contributed by atoms with Crippen LogP contribution in [0.25, 0.3) is 22.3 Å². The minimum absolute atomic E-state index is 0.250. The van der Waals surface area contributed by atoms with Crippen LogP contribution in [-0.2, 0) is 14.3 Å². The van der Waals surface area contributed by atoms with Crippen molar-refractivity contribution < 1.29 is 29.2 Å². The summed E-state index contributed by atoms with van der Waals surface area (Å²) in [6, 6.07) is 12.5. The highest BCUT2D eigenvalue weighted by Gasteiger charge is 2.48. The summed E-state index contributed by atoms with van der Waals surface area (Å²) in [5.74, 6) is 1.27. The van der Waals surface area contributed by atoms with Gasteiger partial charge in [0.2, 0.25) is 0 Å². The maximum absolute atomic E-state index is 9.92. The molecule has 3 fully saturated rings. The number of rotatable bonds is 4. The van der Waals surface area contributed by atoms with E-state index in [1.807, 2.05) is 26.0 Å². The van der Waals surface area contributed by atoms with Crippen LogP contribution < -0.4 is 4.74 Å². The van der Waals surface area contributed by atoms with Crippen LogP contribution in [0.3, 0.4) is 0 Å². The van der Waals surface area contributed by atoms with E-state index in [9.17, 15) is 5.11 Å². The van der Waals surface area contributed by atoms with Crippen molar-refractivity contribution in [3.63, 3.8) is 0 Å². The number of carboxylic acid groups (broad SMARTS) is 1. The van der Waals surface area contributed by atoms with Gasteiger partial charge in [-0.2, -0.15) is 0 Å². The van der Waals surface area contributed by atoms with Gasteiger partial charge in [0.15, 0.2) is 12.0 Å². The van der Waals surface area contributed by atoms with Crippen molar-refractivity contribution in [2.75, 3.05) is 13.2 Å². The van der Waals surface area contributed by atoms with Crippen molar-refractivity contribution in [3.05, 3.63) is 47.0 Å². The van der Waals surface area contributed by atoms with E-state index < -0.39 is 6.10 Å². The Morgan fingerprint density at radius 1 is 1.05 bits per heavy atom. The number of carbonyl (C=O) groups is 1. The summed E-state index contributed by atoms with van der Waals surface area (Å²) in [5, 5.41) is 17.4. The zero-order valence-electron chi connectivity index (χ0n) is 21.2. The summed E-state index contributed by atoms with van der Waals surface area (Å²) in [5.41, 5.74) is 4.81. The average molecular weight is 531 g/mol. The Hall–Kier alpha value is -2.65. The first-order valence-corrected chi connectivity index (χ1v) is 13.4. The summed E-state index contributed by atoms with van der Waals surface area (Å²) < 4.78 is 17.4. The van der Waals surface area contributed by atoms with Gasteiger partial charge in [0, 0.05) is 11.6 Å². The van der Waals surface area contributed by atoms with E-state index in [0.717, 1.165) is 22.3 Å². The Bertz CT molecular complexity index is 1160. The molecular formula is C28H35ClN2O6. The van der Waals surface area contributed by atoms with Gasteiger partial charge in [-0.15, -0.1) is 0 Å². The fourth-order valence-electron chi connectivity index (χ4n) is 5.33. The van der Waals surface area contributed by atoms with Crippen LogP contribution in [0.2, 0.25) is 5.02 Å². The van der Waals surface area contributed by atoms with Crippen LogP contribution >= 0.6 is 11.6 Å². The highest BCUT2D eigenvalue weighted by molar-refractivity contribution is 6.33. The number of hydrogen-bond donors (Lipinski definition) is 3. The van der Waals surface area contributed by atoms with Crippen molar-refractivity contribution in [2.45, 2.75) is 76.3 Å². The molecule has 3 N–H and O–H groups in total. The summed E-state index contributed by atoms with van der Waals surface area (Å²) in [6.45, 7) is 4.41. The van der Waals surface area contributed by atoms with Crippen molar-refractivity contribution in [2.24, 2.45) is 0 Å². The third-order valence-electron chi connectivity index (χ3n) is 7.05. The second-order valence-corrected chi connectivity index (χ2v) is 9.67. The van der Waals surface area contributed by atoms with Crippen LogP contribution in [0, 0.1) is 0 Å². The first-order valence-electron chi connectivity index (χ1n) is 13.0. The summed E-state index contributed by atoms with van der Waals surface area (Å²) >= 11 is 6.60. The molecule has 4 heterocycles. The molecule has 2 saturated heterocycles. The van der Waals surface area contributed by atoms with Crippen molar-refractivity contribution >= 4 is 29.1 Å². The first kappa shape index (κ1) is 27.4. The van der Waals surface area contributed by atoms with E-state index in [4.69, 9.17) is 40.7 Å². The van der Waals surface area contributed by atoms with Crippen LogP contribution in [0.15, 0.2) is 36.4 Å².